The van der Waals surface area contributed by atoms with Crippen LogP contribution in [0.5, 0.6) is 0 Å². The lowest BCUT2D eigenvalue weighted by molar-refractivity contribution is 0.284. The van der Waals surface area contributed by atoms with E-state index in [0.29, 0.717) is 5.92 Å². The molecular weight excluding hydrogens is 156 g/mol. The summed E-state index contributed by atoms with van der Waals surface area (Å²) in [5, 5.41) is 0.779. The molecule has 0 aromatic heterocycles. The van der Waals surface area contributed by atoms with Crippen LogP contribution in [0.25, 0.3) is 0 Å². The molecule has 11 heavy (non-hydrogen) atoms. The Morgan fingerprint density at radius 3 is 2.55 bits per heavy atom. The molecule has 2 heteroatoms. The third-order valence-corrected chi connectivity index (χ3v) is 2.28. The molecule has 66 valence electrons. The molecule has 0 saturated heterocycles. The van der Waals surface area contributed by atoms with E-state index in [4.69, 9.17) is 17.0 Å². The first-order valence-electron chi connectivity index (χ1n) is 4.39. The van der Waals surface area contributed by atoms with Crippen molar-refractivity contribution in [2.75, 3.05) is 6.61 Å². The number of unbranched alkanes of at least 4 members (excludes halogenated alkanes) is 1. The van der Waals surface area contributed by atoms with Gasteiger partial charge in [-0.05, 0) is 25.1 Å². The van der Waals surface area contributed by atoms with Gasteiger partial charge in [-0.15, -0.1) is 0 Å². The number of thiocarbonyl (C=S) groups is 1. The Bertz CT molecular complexity index is 112. The van der Waals surface area contributed by atoms with Crippen molar-refractivity contribution in [1.82, 2.24) is 0 Å². The Labute approximate surface area is 75.1 Å². The first kappa shape index (κ1) is 10.9. The highest BCUT2D eigenvalue weighted by atomic mass is 32.1. The zero-order valence-corrected chi connectivity index (χ0v) is 8.54. The fourth-order valence-electron chi connectivity index (χ4n) is 0.626. The van der Waals surface area contributed by atoms with Gasteiger partial charge in [0.05, 0.1) is 6.61 Å². The highest BCUT2D eigenvalue weighted by Crippen LogP contribution is 2.05. The van der Waals surface area contributed by atoms with Crippen LogP contribution in [0.3, 0.4) is 0 Å². The monoisotopic (exact) mass is 174 g/mol. The Morgan fingerprint density at radius 1 is 1.45 bits per heavy atom. The zero-order chi connectivity index (χ0) is 8.69. The lowest BCUT2D eigenvalue weighted by atomic mass is 10.1. The second kappa shape index (κ2) is 6.59. The summed E-state index contributed by atoms with van der Waals surface area (Å²) < 4.78 is 5.37. The Morgan fingerprint density at radius 2 is 2.09 bits per heavy atom. The number of rotatable bonds is 5. The SMILES string of the molecule is CCCCOC(=S)C(C)CC. The molecule has 0 rings (SSSR count). The second-order valence-corrected chi connectivity index (χ2v) is 3.23. The number of hydrogen-bond donors (Lipinski definition) is 0. The molecule has 1 atom stereocenters. The summed E-state index contributed by atoms with van der Waals surface area (Å²) in [5.41, 5.74) is 0. The lowest BCUT2D eigenvalue weighted by Gasteiger charge is -2.11. The summed E-state index contributed by atoms with van der Waals surface area (Å²) in [7, 11) is 0. The molecule has 1 nitrogen and oxygen atoms in total. The Hall–Kier alpha value is -0.110. The average molecular weight is 174 g/mol. The highest BCUT2D eigenvalue weighted by molar-refractivity contribution is 7.80. The van der Waals surface area contributed by atoms with Crippen molar-refractivity contribution >= 4 is 17.3 Å². The topological polar surface area (TPSA) is 9.23 Å². The molecule has 0 amide bonds. The quantitative estimate of drug-likeness (QED) is 0.467. The van der Waals surface area contributed by atoms with Crippen LogP contribution < -0.4 is 0 Å². The van der Waals surface area contributed by atoms with Gasteiger partial charge in [0.2, 0.25) is 0 Å². The van der Waals surface area contributed by atoms with E-state index in [1.165, 1.54) is 6.42 Å². The highest BCUT2D eigenvalue weighted by Gasteiger charge is 2.05. The van der Waals surface area contributed by atoms with Crippen LogP contribution in [0.2, 0.25) is 0 Å². The van der Waals surface area contributed by atoms with E-state index in [0.717, 1.165) is 24.5 Å². The third-order valence-electron chi connectivity index (χ3n) is 1.76. The molecule has 0 aliphatic rings. The first-order valence-corrected chi connectivity index (χ1v) is 4.79. The van der Waals surface area contributed by atoms with Crippen molar-refractivity contribution in [2.24, 2.45) is 5.92 Å². The molecule has 0 aliphatic carbocycles. The van der Waals surface area contributed by atoms with Gasteiger partial charge in [-0.25, -0.2) is 0 Å². The molecule has 0 aliphatic heterocycles. The maximum atomic E-state index is 5.37. The van der Waals surface area contributed by atoms with Crippen molar-refractivity contribution < 1.29 is 4.74 Å². The summed E-state index contributed by atoms with van der Waals surface area (Å²) in [4.78, 5) is 0. The molecule has 1 unspecified atom stereocenters. The largest absolute Gasteiger partial charge is 0.487 e. The van der Waals surface area contributed by atoms with Crippen LogP contribution in [0.4, 0.5) is 0 Å². The maximum Gasteiger partial charge on any atom is 0.162 e. The van der Waals surface area contributed by atoms with Crippen molar-refractivity contribution in [2.45, 2.75) is 40.0 Å². The van der Waals surface area contributed by atoms with E-state index in [1.807, 2.05) is 0 Å². The maximum absolute atomic E-state index is 5.37. The molecule has 0 N–H and O–H groups in total. The molecule has 0 bridgehead atoms. The van der Waals surface area contributed by atoms with Crippen LogP contribution in [0, 0.1) is 5.92 Å². The van der Waals surface area contributed by atoms with Gasteiger partial charge in [-0.2, -0.15) is 0 Å². The zero-order valence-electron chi connectivity index (χ0n) is 7.72. The first-order chi connectivity index (χ1) is 5.22. The molecule has 0 spiro atoms. The van der Waals surface area contributed by atoms with E-state index >= 15 is 0 Å². The minimum Gasteiger partial charge on any atom is -0.487 e. The van der Waals surface area contributed by atoms with Crippen molar-refractivity contribution in [3.8, 4) is 0 Å². The summed E-state index contributed by atoms with van der Waals surface area (Å²) >= 11 is 5.07. The smallest absolute Gasteiger partial charge is 0.162 e. The van der Waals surface area contributed by atoms with Crippen LogP contribution in [-0.2, 0) is 4.74 Å². The van der Waals surface area contributed by atoms with Gasteiger partial charge < -0.3 is 4.74 Å². The van der Waals surface area contributed by atoms with Crippen LogP contribution >= 0.6 is 12.2 Å². The fourth-order valence-corrected chi connectivity index (χ4v) is 0.876. The summed E-state index contributed by atoms with van der Waals surface area (Å²) in [6, 6.07) is 0. The molecule has 0 aromatic rings. The molecule has 0 radical (unpaired) electrons. The third kappa shape index (κ3) is 5.19. The van der Waals surface area contributed by atoms with Gasteiger partial charge in [0.1, 0.15) is 0 Å². The summed E-state index contributed by atoms with van der Waals surface area (Å²) in [5.74, 6) is 0.432. The molecule has 0 saturated carbocycles. The number of ether oxygens (including phenoxy) is 1. The average Bonchev–Trinajstić information content (AvgIpc) is 2.03. The van der Waals surface area contributed by atoms with Gasteiger partial charge in [-0.1, -0.05) is 27.2 Å². The van der Waals surface area contributed by atoms with E-state index in [9.17, 15) is 0 Å². The van der Waals surface area contributed by atoms with Gasteiger partial charge >= 0.3 is 0 Å². The van der Waals surface area contributed by atoms with Gasteiger partial charge in [0, 0.05) is 5.92 Å². The Balaban J connectivity index is 3.36. The predicted molar refractivity (Wildman–Crippen MR) is 52.9 cm³/mol. The van der Waals surface area contributed by atoms with E-state index in [2.05, 4.69) is 20.8 Å². The molecular formula is C9H18OS. The van der Waals surface area contributed by atoms with Crippen LogP contribution in [0.15, 0.2) is 0 Å². The second-order valence-electron chi connectivity index (χ2n) is 2.83. The molecule has 0 fully saturated rings. The van der Waals surface area contributed by atoms with E-state index < -0.39 is 0 Å². The van der Waals surface area contributed by atoms with Crippen LogP contribution in [-0.4, -0.2) is 11.7 Å². The van der Waals surface area contributed by atoms with Gasteiger partial charge in [0.15, 0.2) is 5.05 Å². The number of hydrogen-bond acceptors (Lipinski definition) is 2. The van der Waals surface area contributed by atoms with Crippen molar-refractivity contribution in [1.29, 1.82) is 0 Å². The standard InChI is InChI=1S/C9H18OS/c1-4-6-7-10-9(11)8(3)5-2/h8H,4-7H2,1-3H3. The van der Waals surface area contributed by atoms with E-state index in [1.54, 1.807) is 0 Å². The minimum atomic E-state index is 0.432. The lowest BCUT2D eigenvalue weighted by Crippen LogP contribution is -2.12. The van der Waals surface area contributed by atoms with E-state index in [-0.39, 0.29) is 0 Å². The predicted octanol–water partition coefficient (Wildman–Crippen LogP) is 3.18. The fraction of sp³-hybridized carbons (Fsp3) is 0.889. The Kier molecular flexibility index (Phi) is 6.52. The summed E-state index contributed by atoms with van der Waals surface area (Å²) in [6.07, 6.45) is 3.35. The van der Waals surface area contributed by atoms with Gasteiger partial charge in [0.25, 0.3) is 0 Å². The summed E-state index contributed by atoms with van der Waals surface area (Å²) in [6.45, 7) is 7.17. The van der Waals surface area contributed by atoms with Crippen LogP contribution in [0.1, 0.15) is 40.0 Å². The van der Waals surface area contributed by atoms with Crippen molar-refractivity contribution in [3.63, 3.8) is 0 Å². The van der Waals surface area contributed by atoms with Crippen molar-refractivity contribution in [3.05, 3.63) is 0 Å². The normalized spacial score (nSPS) is 12.6. The minimum absolute atomic E-state index is 0.432. The molecule has 0 heterocycles. The van der Waals surface area contributed by atoms with Gasteiger partial charge in [-0.3, -0.25) is 0 Å². The molecule has 0 aromatic carbocycles.